The van der Waals surface area contributed by atoms with Gasteiger partial charge in [-0.3, -0.25) is 0 Å². The van der Waals surface area contributed by atoms with Crippen molar-refractivity contribution in [2.45, 2.75) is 0 Å². The molecule has 0 atom stereocenters. The lowest BCUT2D eigenvalue weighted by molar-refractivity contribution is 0.146. The summed E-state index contributed by atoms with van der Waals surface area (Å²) in [5.74, 6) is 0.904. The number of methoxy groups -OCH3 is 1. The summed E-state index contributed by atoms with van der Waals surface area (Å²) in [6.45, 7) is 5.50. The summed E-state index contributed by atoms with van der Waals surface area (Å²) in [4.78, 5) is 2.38. The highest BCUT2D eigenvalue weighted by molar-refractivity contribution is 5.85. The second kappa shape index (κ2) is 8.19. The molecule has 1 heterocycles. The fourth-order valence-electron chi connectivity index (χ4n) is 1.92. The molecule has 1 fully saturated rings. The average Bonchev–Trinajstić information content (AvgIpc) is 2.41. The standard InChI is InChI=1S/C13H20N2O2.ClH/c1-16-10-11-17-13-4-2-12(3-5-13)15-8-6-14-7-9-15;/h2-5,14H,6-11H2,1H3;1H. The third-order valence-corrected chi connectivity index (χ3v) is 2.88. The second-order valence-electron chi connectivity index (χ2n) is 4.07. The molecule has 1 N–H and O–H groups in total. The first-order valence-corrected chi connectivity index (χ1v) is 6.07. The molecular weight excluding hydrogens is 252 g/mol. The highest BCUT2D eigenvalue weighted by Gasteiger charge is 2.09. The van der Waals surface area contributed by atoms with Gasteiger partial charge in [0.05, 0.1) is 6.61 Å². The van der Waals surface area contributed by atoms with Crippen LogP contribution in [-0.4, -0.2) is 46.5 Å². The Morgan fingerprint density at radius 1 is 1.11 bits per heavy atom. The van der Waals surface area contributed by atoms with Crippen molar-refractivity contribution >= 4 is 18.1 Å². The third-order valence-electron chi connectivity index (χ3n) is 2.88. The van der Waals surface area contributed by atoms with Crippen molar-refractivity contribution < 1.29 is 9.47 Å². The number of rotatable bonds is 5. The van der Waals surface area contributed by atoms with E-state index in [1.807, 2.05) is 12.1 Å². The van der Waals surface area contributed by atoms with E-state index in [9.17, 15) is 0 Å². The molecule has 18 heavy (non-hydrogen) atoms. The van der Waals surface area contributed by atoms with Crippen molar-refractivity contribution in [3.8, 4) is 5.75 Å². The third kappa shape index (κ3) is 4.37. The molecule has 1 aliphatic rings. The van der Waals surface area contributed by atoms with Crippen LogP contribution in [0.1, 0.15) is 0 Å². The van der Waals surface area contributed by atoms with Crippen LogP contribution in [0.25, 0.3) is 0 Å². The first-order valence-electron chi connectivity index (χ1n) is 6.07. The summed E-state index contributed by atoms with van der Waals surface area (Å²) < 4.78 is 10.5. The van der Waals surface area contributed by atoms with E-state index in [-0.39, 0.29) is 12.4 Å². The van der Waals surface area contributed by atoms with Gasteiger partial charge in [-0.1, -0.05) is 0 Å². The summed E-state index contributed by atoms with van der Waals surface area (Å²) in [5, 5.41) is 3.35. The molecule has 0 spiro atoms. The number of nitrogens with one attached hydrogen (secondary N) is 1. The number of anilines is 1. The highest BCUT2D eigenvalue weighted by atomic mass is 35.5. The Morgan fingerprint density at radius 2 is 1.78 bits per heavy atom. The summed E-state index contributed by atoms with van der Waals surface area (Å²) in [6.07, 6.45) is 0. The highest BCUT2D eigenvalue weighted by Crippen LogP contribution is 2.19. The number of piperazine rings is 1. The molecule has 102 valence electrons. The maximum Gasteiger partial charge on any atom is 0.119 e. The van der Waals surface area contributed by atoms with E-state index >= 15 is 0 Å². The Hall–Kier alpha value is -0.970. The minimum atomic E-state index is 0. The van der Waals surface area contributed by atoms with Gasteiger partial charge in [0.1, 0.15) is 12.4 Å². The molecule has 0 bridgehead atoms. The Labute approximate surface area is 115 Å². The van der Waals surface area contributed by atoms with Crippen LogP contribution in [0.4, 0.5) is 5.69 Å². The van der Waals surface area contributed by atoms with Gasteiger partial charge in [-0.2, -0.15) is 0 Å². The molecule has 5 heteroatoms. The van der Waals surface area contributed by atoms with Crippen molar-refractivity contribution in [3.05, 3.63) is 24.3 Å². The molecule has 0 radical (unpaired) electrons. The maximum atomic E-state index is 5.53. The first-order chi connectivity index (χ1) is 8.40. The lowest BCUT2D eigenvalue weighted by Crippen LogP contribution is -2.43. The van der Waals surface area contributed by atoms with Crippen molar-refractivity contribution in [1.29, 1.82) is 0 Å². The molecule has 0 unspecified atom stereocenters. The van der Waals surface area contributed by atoms with E-state index in [4.69, 9.17) is 9.47 Å². The van der Waals surface area contributed by atoms with E-state index in [0.29, 0.717) is 13.2 Å². The van der Waals surface area contributed by atoms with Crippen molar-refractivity contribution in [3.63, 3.8) is 0 Å². The predicted molar refractivity (Wildman–Crippen MR) is 76.1 cm³/mol. The zero-order valence-corrected chi connectivity index (χ0v) is 11.5. The van der Waals surface area contributed by atoms with Gasteiger partial charge in [0.2, 0.25) is 0 Å². The van der Waals surface area contributed by atoms with Crippen molar-refractivity contribution in [1.82, 2.24) is 5.32 Å². The van der Waals surface area contributed by atoms with Crippen LogP contribution in [0.3, 0.4) is 0 Å². The minimum absolute atomic E-state index is 0. The molecular formula is C13H21ClN2O2. The van der Waals surface area contributed by atoms with E-state index < -0.39 is 0 Å². The van der Waals surface area contributed by atoms with Gasteiger partial charge in [0, 0.05) is 39.0 Å². The van der Waals surface area contributed by atoms with E-state index in [0.717, 1.165) is 31.9 Å². The van der Waals surface area contributed by atoms with Crippen LogP contribution in [0, 0.1) is 0 Å². The van der Waals surface area contributed by atoms with Gasteiger partial charge in [-0.15, -0.1) is 12.4 Å². The van der Waals surface area contributed by atoms with Crippen molar-refractivity contribution in [2.24, 2.45) is 0 Å². The topological polar surface area (TPSA) is 33.7 Å². The summed E-state index contributed by atoms with van der Waals surface area (Å²) in [5.41, 5.74) is 1.27. The normalized spacial score (nSPS) is 15.1. The molecule has 1 aromatic carbocycles. The van der Waals surface area contributed by atoms with E-state index in [2.05, 4.69) is 22.3 Å². The Kier molecular flexibility index (Phi) is 6.86. The predicted octanol–water partition coefficient (Wildman–Crippen LogP) is 1.54. The van der Waals surface area contributed by atoms with Gasteiger partial charge < -0.3 is 19.7 Å². The Balaban J connectivity index is 0.00000162. The summed E-state index contributed by atoms with van der Waals surface area (Å²) in [7, 11) is 1.68. The molecule has 1 aromatic rings. The second-order valence-corrected chi connectivity index (χ2v) is 4.07. The summed E-state index contributed by atoms with van der Waals surface area (Å²) in [6, 6.07) is 8.28. The molecule has 1 saturated heterocycles. The first kappa shape index (κ1) is 15.1. The lowest BCUT2D eigenvalue weighted by atomic mass is 10.2. The van der Waals surface area contributed by atoms with Gasteiger partial charge in [-0.25, -0.2) is 0 Å². The number of hydrogen-bond acceptors (Lipinski definition) is 4. The fourth-order valence-corrected chi connectivity index (χ4v) is 1.92. The Morgan fingerprint density at radius 3 is 2.39 bits per heavy atom. The average molecular weight is 273 g/mol. The van der Waals surface area contributed by atoms with E-state index in [1.54, 1.807) is 7.11 Å². The smallest absolute Gasteiger partial charge is 0.119 e. The van der Waals surface area contributed by atoms with Crippen molar-refractivity contribution in [2.75, 3.05) is 51.4 Å². The van der Waals surface area contributed by atoms with Crippen LogP contribution in [0.5, 0.6) is 5.75 Å². The molecule has 1 aliphatic heterocycles. The van der Waals surface area contributed by atoms with Gasteiger partial charge in [0.15, 0.2) is 0 Å². The molecule has 2 rings (SSSR count). The maximum absolute atomic E-state index is 5.53. The van der Waals surface area contributed by atoms with Crippen LogP contribution in [0.15, 0.2) is 24.3 Å². The molecule has 0 aromatic heterocycles. The zero-order valence-electron chi connectivity index (χ0n) is 10.7. The number of ether oxygens (including phenoxy) is 2. The quantitative estimate of drug-likeness (QED) is 0.825. The van der Waals surface area contributed by atoms with Crippen LogP contribution >= 0.6 is 12.4 Å². The molecule has 0 saturated carbocycles. The Bertz CT molecular complexity index is 326. The van der Waals surface area contributed by atoms with E-state index in [1.165, 1.54) is 5.69 Å². The number of nitrogens with zero attached hydrogens (tertiary/aromatic N) is 1. The lowest BCUT2D eigenvalue weighted by Gasteiger charge is -2.29. The SMILES string of the molecule is COCCOc1ccc(N2CCNCC2)cc1.Cl. The van der Waals surface area contributed by atoms with Gasteiger partial charge >= 0.3 is 0 Å². The van der Waals surface area contributed by atoms with Gasteiger partial charge in [-0.05, 0) is 24.3 Å². The van der Waals surface area contributed by atoms with Gasteiger partial charge in [0.25, 0.3) is 0 Å². The zero-order chi connectivity index (χ0) is 11.9. The minimum Gasteiger partial charge on any atom is -0.491 e. The molecule has 0 amide bonds. The largest absolute Gasteiger partial charge is 0.491 e. The number of halogens is 1. The van der Waals surface area contributed by atoms with Crippen LogP contribution in [0.2, 0.25) is 0 Å². The fraction of sp³-hybridized carbons (Fsp3) is 0.538. The molecule has 4 nitrogen and oxygen atoms in total. The summed E-state index contributed by atoms with van der Waals surface area (Å²) >= 11 is 0. The van der Waals surface area contributed by atoms with Crippen LogP contribution < -0.4 is 15.0 Å². The molecule has 0 aliphatic carbocycles. The monoisotopic (exact) mass is 272 g/mol. The van der Waals surface area contributed by atoms with Crippen LogP contribution in [-0.2, 0) is 4.74 Å². The number of hydrogen-bond donors (Lipinski definition) is 1. The number of benzene rings is 1.